The molecule has 1 atom stereocenters. The molecule has 0 rings (SSSR count). The Labute approximate surface area is 134 Å². The summed E-state index contributed by atoms with van der Waals surface area (Å²) in [5.74, 6) is -0.193. The highest BCUT2D eigenvalue weighted by molar-refractivity contribution is 5.87. The molecule has 0 aromatic heterocycles. The van der Waals surface area contributed by atoms with E-state index in [-0.39, 0.29) is 24.5 Å². The molecular formula is C17H31NO4. The molecule has 0 aliphatic rings. The maximum absolute atomic E-state index is 11.8. The molecule has 5 nitrogen and oxygen atoms in total. The van der Waals surface area contributed by atoms with Crippen LogP contribution in [0.2, 0.25) is 0 Å². The van der Waals surface area contributed by atoms with Gasteiger partial charge in [0.15, 0.2) is 0 Å². The monoisotopic (exact) mass is 313 g/mol. The average molecular weight is 313 g/mol. The summed E-state index contributed by atoms with van der Waals surface area (Å²) in [6.07, 6.45) is 2.64. The molecular weight excluding hydrogens is 282 g/mol. The predicted molar refractivity (Wildman–Crippen MR) is 87.5 cm³/mol. The fourth-order valence-corrected chi connectivity index (χ4v) is 1.92. The van der Waals surface area contributed by atoms with E-state index in [2.05, 4.69) is 19.2 Å². The van der Waals surface area contributed by atoms with Gasteiger partial charge >= 0.3 is 11.9 Å². The third-order valence-electron chi connectivity index (χ3n) is 2.70. The first-order valence-electron chi connectivity index (χ1n) is 7.86. The maximum Gasteiger partial charge on any atom is 0.333 e. The fourth-order valence-electron chi connectivity index (χ4n) is 1.92. The van der Waals surface area contributed by atoms with Gasteiger partial charge in [0, 0.05) is 11.6 Å². The topological polar surface area (TPSA) is 64.6 Å². The summed E-state index contributed by atoms with van der Waals surface area (Å²) in [5.41, 5.74) is 0.0485. The average Bonchev–Trinajstić information content (AvgIpc) is 2.33. The second-order valence-corrected chi connectivity index (χ2v) is 6.77. The highest BCUT2D eigenvalue weighted by atomic mass is 16.6. The Bertz CT molecular complexity index is 394. The number of hydrogen-bond acceptors (Lipinski definition) is 5. The normalized spacial score (nSPS) is 13.9. The van der Waals surface area contributed by atoms with Gasteiger partial charge in [-0.1, -0.05) is 19.9 Å². The van der Waals surface area contributed by atoms with Crippen molar-refractivity contribution in [1.29, 1.82) is 0 Å². The van der Waals surface area contributed by atoms with Crippen LogP contribution in [0.3, 0.4) is 0 Å². The van der Waals surface area contributed by atoms with Gasteiger partial charge < -0.3 is 14.8 Å². The number of nitrogens with one attached hydrogen (secondary N) is 1. The molecule has 0 saturated heterocycles. The minimum Gasteiger partial charge on any atom is -0.463 e. The van der Waals surface area contributed by atoms with Crippen molar-refractivity contribution < 1.29 is 19.1 Å². The minimum absolute atomic E-state index is 0.0723. The molecule has 0 spiro atoms. The zero-order chi connectivity index (χ0) is 17.3. The van der Waals surface area contributed by atoms with Gasteiger partial charge in [0.2, 0.25) is 0 Å². The Morgan fingerprint density at radius 2 is 1.82 bits per heavy atom. The van der Waals surface area contributed by atoms with Gasteiger partial charge in [-0.25, -0.2) is 4.79 Å². The number of hydrogen-bond donors (Lipinski definition) is 1. The van der Waals surface area contributed by atoms with Gasteiger partial charge in [-0.2, -0.15) is 0 Å². The van der Waals surface area contributed by atoms with Crippen LogP contribution in [0.4, 0.5) is 0 Å². The smallest absolute Gasteiger partial charge is 0.333 e. The summed E-state index contributed by atoms with van der Waals surface area (Å²) in [4.78, 5) is 23.5. The van der Waals surface area contributed by atoms with E-state index in [1.165, 1.54) is 0 Å². The second-order valence-electron chi connectivity index (χ2n) is 6.77. The van der Waals surface area contributed by atoms with Crippen LogP contribution in [0.5, 0.6) is 0 Å². The molecule has 0 aliphatic heterocycles. The quantitative estimate of drug-likeness (QED) is 0.551. The molecule has 0 unspecified atom stereocenters. The van der Waals surface area contributed by atoms with Crippen molar-refractivity contribution in [3.63, 3.8) is 0 Å². The minimum atomic E-state index is -0.497. The van der Waals surface area contributed by atoms with Crippen LogP contribution >= 0.6 is 0 Å². The van der Waals surface area contributed by atoms with E-state index in [1.54, 1.807) is 13.8 Å². The lowest BCUT2D eigenvalue weighted by Crippen LogP contribution is -2.37. The molecule has 0 saturated carbocycles. The van der Waals surface area contributed by atoms with Gasteiger partial charge in [-0.3, -0.25) is 4.79 Å². The molecule has 0 heterocycles. The van der Waals surface area contributed by atoms with Crippen LogP contribution in [0.25, 0.3) is 0 Å². The molecule has 0 radical (unpaired) electrons. The number of carbonyl (C=O) groups excluding carboxylic acids is 2. The molecule has 22 heavy (non-hydrogen) atoms. The third kappa shape index (κ3) is 10.4. The Balaban J connectivity index is 4.68. The van der Waals surface area contributed by atoms with Crippen LogP contribution in [-0.2, 0) is 19.1 Å². The summed E-state index contributed by atoms with van der Waals surface area (Å²) in [6, 6.07) is -0.0723. The molecule has 0 aliphatic carbocycles. The molecule has 0 aromatic carbocycles. The summed E-state index contributed by atoms with van der Waals surface area (Å²) < 4.78 is 10.2. The van der Waals surface area contributed by atoms with E-state index in [0.29, 0.717) is 18.1 Å². The van der Waals surface area contributed by atoms with Crippen LogP contribution in [0, 0.1) is 5.92 Å². The Morgan fingerprint density at radius 1 is 1.23 bits per heavy atom. The molecule has 5 heteroatoms. The Kier molecular flexibility index (Phi) is 9.02. The Hall–Kier alpha value is -1.36. The zero-order valence-electron chi connectivity index (χ0n) is 15.0. The fraction of sp³-hybridized carbons (Fsp3) is 0.765. The highest BCUT2D eigenvalue weighted by Gasteiger charge is 2.18. The van der Waals surface area contributed by atoms with Crippen molar-refractivity contribution in [1.82, 2.24) is 5.32 Å². The van der Waals surface area contributed by atoms with Crippen LogP contribution < -0.4 is 5.32 Å². The van der Waals surface area contributed by atoms with E-state index in [0.717, 1.165) is 6.42 Å². The predicted octanol–water partition coefficient (Wildman–Crippen LogP) is 2.84. The SMILES string of the molecule is CCOC(=O)/C(C)=C/[C@H](CC(C)C)NCC(=O)OC(C)(C)C. The van der Waals surface area contributed by atoms with Crippen LogP contribution in [0.1, 0.15) is 54.9 Å². The third-order valence-corrected chi connectivity index (χ3v) is 2.70. The highest BCUT2D eigenvalue weighted by Crippen LogP contribution is 2.10. The summed E-state index contributed by atoms with van der Waals surface area (Å²) >= 11 is 0. The number of ether oxygens (including phenoxy) is 2. The van der Waals surface area contributed by atoms with Crippen molar-refractivity contribution in [2.24, 2.45) is 5.92 Å². The first-order chi connectivity index (χ1) is 10.0. The first kappa shape index (κ1) is 20.6. The van der Waals surface area contributed by atoms with E-state index in [4.69, 9.17) is 9.47 Å². The first-order valence-corrected chi connectivity index (χ1v) is 7.86. The van der Waals surface area contributed by atoms with Gasteiger partial charge in [-0.05, 0) is 47.0 Å². The lowest BCUT2D eigenvalue weighted by atomic mass is 10.0. The van der Waals surface area contributed by atoms with Gasteiger partial charge in [-0.15, -0.1) is 0 Å². The molecule has 0 aromatic rings. The van der Waals surface area contributed by atoms with Crippen molar-refractivity contribution >= 4 is 11.9 Å². The molecule has 0 bridgehead atoms. The van der Waals surface area contributed by atoms with E-state index < -0.39 is 5.60 Å². The lowest BCUT2D eigenvalue weighted by Gasteiger charge is -2.22. The van der Waals surface area contributed by atoms with Crippen LogP contribution in [-0.4, -0.2) is 36.7 Å². The van der Waals surface area contributed by atoms with Gasteiger partial charge in [0.05, 0.1) is 13.2 Å². The summed E-state index contributed by atoms with van der Waals surface area (Å²) in [5, 5.41) is 3.14. The van der Waals surface area contributed by atoms with Crippen molar-refractivity contribution in [2.45, 2.75) is 66.5 Å². The number of carbonyl (C=O) groups is 2. The maximum atomic E-state index is 11.8. The number of rotatable bonds is 8. The van der Waals surface area contributed by atoms with E-state index >= 15 is 0 Å². The summed E-state index contributed by atoms with van der Waals surface area (Å²) in [6.45, 7) is 13.7. The van der Waals surface area contributed by atoms with Crippen molar-refractivity contribution in [3.05, 3.63) is 11.6 Å². The lowest BCUT2D eigenvalue weighted by molar-refractivity contribution is -0.153. The van der Waals surface area contributed by atoms with Gasteiger partial charge in [0.25, 0.3) is 0 Å². The standard InChI is InChI=1S/C17H31NO4/c1-8-21-16(20)13(4)10-14(9-12(2)3)18-11-15(19)22-17(5,6)7/h10,12,14,18H,8-9,11H2,1-7H3/b13-10+/t14-/m0/s1. The van der Waals surface area contributed by atoms with Crippen molar-refractivity contribution in [2.75, 3.05) is 13.2 Å². The van der Waals surface area contributed by atoms with Gasteiger partial charge in [0.1, 0.15) is 5.60 Å². The van der Waals surface area contributed by atoms with Crippen molar-refractivity contribution in [3.8, 4) is 0 Å². The summed E-state index contributed by atoms with van der Waals surface area (Å²) in [7, 11) is 0. The molecule has 0 fully saturated rings. The number of esters is 2. The van der Waals surface area contributed by atoms with Crippen LogP contribution in [0.15, 0.2) is 11.6 Å². The van der Waals surface area contributed by atoms with E-state index in [9.17, 15) is 9.59 Å². The second kappa shape index (κ2) is 9.62. The largest absolute Gasteiger partial charge is 0.463 e. The van der Waals surface area contributed by atoms with E-state index in [1.807, 2.05) is 26.8 Å². The molecule has 128 valence electrons. The molecule has 0 amide bonds. The Morgan fingerprint density at radius 3 is 2.27 bits per heavy atom. The zero-order valence-corrected chi connectivity index (χ0v) is 15.0. The molecule has 1 N–H and O–H groups in total.